The van der Waals surface area contributed by atoms with Crippen LogP contribution >= 0.6 is 11.3 Å². The van der Waals surface area contributed by atoms with E-state index in [9.17, 15) is 13.2 Å². The lowest BCUT2D eigenvalue weighted by atomic mass is 10.1. The fraction of sp³-hybridized carbons (Fsp3) is 0.176. The number of amides is 1. The van der Waals surface area contributed by atoms with Crippen molar-refractivity contribution >= 4 is 33.2 Å². The van der Waals surface area contributed by atoms with Gasteiger partial charge in [-0.1, -0.05) is 36.4 Å². The van der Waals surface area contributed by atoms with Gasteiger partial charge in [-0.25, -0.2) is 4.31 Å². The smallest absolute Gasteiger partial charge is 0.344 e. The summed E-state index contributed by atoms with van der Waals surface area (Å²) in [6.45, 7) is 1.85. The van der Waals surface area contributed by atoms with E-state index in [0.717, 1.165) is 9.87 Å². The van der Waals surface area contributed by atoms with Gasteiger partial charge in [0.15, 0.2) is 0 Å². The fourth-order valence-electron chi connectivity index (χ4n) is 2.40. The molecule has 0 fully saturated rings. The van der Waals surface area contributed by atoms with Gasteiger partial charge in [0.1, 0.15) is 5.70 Å². The molecule has 1 aromatic carbocycles. The van der Waals surface area contributed by atoms with Crippen LogP contribution in [-0.4, -0.2) is 31.4 Å². The van der Waals surface area contributed by atoms with Crippen molar-refractivity contribution in [1.82, 2.24) is 9.62 Å². The first-order valence-corrected chi connectivity index (χ1v) is 9.86. The zero-order valence-corrected chi connectivity index (χ0v) is 15.3. The minimum absolute atomic E-state index is 0.0428. The lowest BCUT2D eigenvalue weighted by molar-refractivity contribution is -0.119. The van der Waals surface area contributed by atoms with Crippen LogP contribution in [0.4, 0.5) is 0 Å². The Kier molecular flexibility index (Phi) is 4.73. The number of likely N-dealkylation sites (N-methyl/N-ethyl adjacent to an activating group) is 1. The number of carbonyl (C=O) groups excluding carboxylic acids is 1. The highest BCUT2D eigenvalue weighted by atomic mass is 32.2. The first kappa shape index (κ1) is 17.4. The topological polar surface area (TPSA) is 78.8 Å². The van der Waals surface area contributed by atoms with E-state index in [2.05, 4.69) is 9.71 Å². The predicted molar refractivity (Wildman–Crippen MR) is 98.6 cm³/mol. The number of carbonyl (C=O) groups is 1. The van der Waals surface area contributed by atoms with Crippen LogP contribution < -0.4 is 5.32 Å². The van der Waals surface area contributed by atoms with Crippen molar-refractivity contribution < 1.29 is 13.2 Å². The van der Waals surface area contributed by atoms with Gasteiger partial charge in [-0.3, -0.25) is 4.79 Å². The minimum Gasteiger partial charge on any atom is -0.344 e. The van der Waals surface area contributed by atoms with Gasteiger partial charge in [-0.15, -0.1) is 15.7 Å². The Balaban J connectivity index is 1.89. The van der Waals surface area contributed by atoms with Gasteiger partial charge >= 0.3 is 10.2 Å². The van der Waals surface area contributed by atoms with Crippen molar-refractivity contribution in [3.63, 3.8) is 0 Å². The van der Waals surface area contributed by atoms with E-state index in [1.54, 1.807) is 12.1 Å². The lowest BCUT2D eigenvalue weighted by Crippen LogP contribution is -2.39. The molecule has 1 N–H and O–H groups in total. The predicted octanol–water partition coefficient (Wildman–Crippen LogP) is 2.49. The van der Waals surface area contributed by atoms with E-state index in [0.29, 0.717) is 4.88 Å². The maximum atomic E-state index is 12.7. The standard InChI is InChI=1S/C17H17N3O3S2/c1-12(13-7-4-3-5-8-13)18-17(21)15-11-14(16-9-6-10-24-16)19-25(22,23)20(15)2/h3-12H,1-2H3,(H,18,21)/t12-/m0/s1. The monoisotopic (exact) mass is 375 g/mol. The van der Waals surface area contributed by atoms with Crippen molar-refractivity contribution in [3.8, 4) is 0 Å². The van der Waals surface area contributed by atoms with Gasteiger partial charge in [-0.05, 0) is 30.0 Å². The van der Waals surface area contributed by atoms with Crippen molar-refractivity contribution in [1.29, 1.82) is 0 Å². The van der Waals surface area contributed by atoms with Crippen LogP contribution in [-0.2, 0) is 15.0 Å². The molecule has 1 aliphatic rings. The van der Waals surface area contributed by atoms with Gasteiger partial charge in [0.2, 0.25) is 0 Å². The number of nitrogens with one attached hydrogen (secondary N) is 1. The molecule has 0 radical (unpaired) electrons. The van der Waals surface area contributed by atoms with Crippen LogP contribution in [0.2, 0.25) is 0 Å². The zero-order chi connectivity index (χ0) is 18.0. The van der Waals surface area contributed by atoms with Gasteiger partial charge in [0.25, 0.3) is 5.91 Å². The van der Waals surface area contributed by atoms with Crippen LogP contribution in [0.25, 0.3) is 0 Å². The van der Waals surface area contributed by atoms with E-state index in [1.165, 1.54) is 24.5 Å². The Morgan fingerprint density at radius 2 is 1.92 bits per heavy atom. The van der Waals surface area contributed by atoms with Crippen molar-refractivity contribution in [2.75, 3.05) is 7.05 Å². The molecular weight excluding hydrogens is 358 g/mol. The molecule has 1 amide bonds. The number of nitrogens with zero attached hydrogens (tertiary/aromatic N) is 2. The van der Waals surface area contributed by atoms with Crippen LogP contribution in [0.5, 0.6) is 0 Å². The first-order valence-electron chi connectivity index (χ1n) is 7.58. The van der Waals surface area contributed by atoms with Gasteiger partial charge < -0.3 is 5.32 Å². The summed E-state index contributed by atoms with van der Waals surface area (Å²) in [4.78, 5) is 13.4. The Morgan fingerprint density at radius 1 is 1.20 bits per heavy atom. The molecular formula is C17H17N3O3S2. The summed E-state index contributed by atoms with van der Waals surface area (Å²) in [5, 5.41) is 4.66. The van der Waals surface area contributed by atoms with Crippen LogP contribution in [0.1, 0.15) is 23.4 Å². The van der Waals surface area contributed by atoms with E-state index < -0.39 is 16.1 Å². The van der Waals surface area contributed by atoms with Crippen LogP contribution in [0, 0.1) is 0 Å². The molecule has 130 valence electrons. The molecule has 0 spiro atoms. The summed E-state index contributed by atoms with van der Waals surface area (Å²) >= 11 is 1.37. The Morgan fingerprint density at radius 3 is 2.56 bits per heavy atom. The second-order valence-electron chi connectivity index (χ2n) is 5.53. The van der Waals surface area contributed by atoms with Gasteiger partial charge in [0, 0.05) is 7.05 Å². The molecule has 1 aliphatic heterocycles. The molecule has 0 saturated carbocycles. The van der Waals surface area contributed by atoms with Crippen LogP contribution in [0.3, 0.4) is 0 Å². The number of hydrogen-bond acceptors (Lipinski definition) is 4. The third kappa shape index (κ3) is 3.64. The average Bonchev–Trinajstić information content (AvgIpc) is 3.12. The summed E-state index contributed by atoms with van der Waals surface area (Å²) in [5.74, 6) is -0.466. The zero-order valence-electron chi connectivity index (χ0n) is 13.7. The Hall–Kier alpha value is -2.45. The molecule has 3 rings (SSSR count). The maximum absolute atomic E-state index is 12.7. The Labute approximate surface area is 150 Å². The average molecular weight is 375 g/mol. The van der Waals surface area contributed by atoms with Crippen molar-refractivity contribution in [3.05, 3.63) is 70.1 Å². The number of allylic oxidation sites excluding steroid dienone is 1. The van der Waals surface area contributed by atoms with E-state index in [4.69, 9.17) is 0 Å². The Bertz CT molecular complexity index is 933. The molecule has 1 aromatic heterocycles. The SMILES string of the molecule is C[C@H](NC(=O)C1=CC(c2cccs2)=NS(=O)(=O)N1C)c1ccccc1. The highest BCUT2D eigenvalue weighted by molar-refractivity contribution is 7.88. The number of benzene rings is 1. The second kappa shape index (κ2) is 6.81. The molecule has 6 nitrogen and oxygen atoms in total. The number of thiophene rings is 1. The van der Waals surface area contributed by atoms with Gasteiger partial charge in [0.05, 0.1) is 16.6 Å². The third-order valence-electron chi connectivity index (χ3n) is 3.83. The molecule has 1 atom stereocenters. The van der Waals surface area contributed by atoms with E-state index in [1.807, 2.05) is 42.6 Å². The highest BCUT2D eigenvalue weighted by Gasteiger charge is 2.30. The van der Waals surface area contributed by atoms with Gasteiger partial charge in [-0.2, -0.15) is 8.42 Å². The molecule has 0 aliphatic carbocycles. The molecule has 0 saturated heterocycles. The lowest BCUT2D eigenvalue weighted by Gasteiger charge is -2.24. The second-order valence-corrected chi connectivity index (χ2v) is 8.11. The summed E-state index contributed by atoms with van der Waals surface area (Å²) in [7, 11) is -2.61. The summed E-state index contributed by atoms with van der Waals surface area (Å²) in [5.41, 5.74) is 1.25. The maximum Gasteiger partial charge on any atom is 0.345 e. The first-order chi connectivity index (χ1) is 11.9. The molecule has 8 heteroatoms. The van der Waals surface area contributed by atoms with E-state index in [-0.39, 0.29) is 17.5 Å². The quantitative estimate of drug-likeness (QED) is 0.892. The van der Waals surface area contributed by atoms with Crippen molar-refractivity contribution in [2.45, 2.75) is 13.0 Å². The molecule has 2 heterocycles. The summed E-state index contributed by atoms with van der Waals surface area (Å²) < 4.78 is 29.2. The molecule has 2 aromatic rings. The minimum atomic E-state index is -3.93. The third-order valence-corrected chi connectivity index (χ3v) is 6.03. The van der Waals surface area contributed by atoms with Crippen LogP contribution in [0.15, 0.2) is 64.0 Å². The number of rotatable bonds is 4. The summed E-state index contributed by atoms with van der Waals surface area (Å²) in [6.07, 6.45) is 1.50. The van der Waals surface area contributed by atoms with Crippen molar-refractivity contribution in [2.24, 2.45) is 4.40 Å². The molecule has 0 bridgehead atoms. The summed E-state index contributed by atoms with van der Waals surface area (Å²) in [6, 6.07) is 12.8. The molecule has 25 heavy (non-hydrogen) atoms. The normalized spacial score (nSPS) is 17.4. The largest absolute Gasteiger partial charge is 0.345 e. The number of hydrogen-bond donors (Lipinski definition) is 1. The van der Waals surface area contributed by atoms with E-state index >= 15 is 0 Å². The molecule has 0 unspecified atom stereocenters. The highest BCUT2D eigenvalue weighted by Crippen LogP contribution is 2.22. The fourth-order valence-corrected chi connectivity index (χ4v) is 4.05.